The number of esters is 1. The molecule has 1 aliphatic rings. The van der Waals surface area contributed by atoms with Crippen LogP contribution in [-0.2, 0) is 23.9 Å². The van der Waals surface area contributed by atoms with Gasteiger partial charge in [-0.25, -0.2) is 4.79 Å². The minimum absolute atomic E-state index is 0.0105. The Hall–Kier alpha value is -3.94. The molecule has 1 atom stereocenters. The van der Waals surface area contributed by atoms with Crippen LogP contribution in [0.4, 0.5) is 11.4 Å². The van der Waals surface area contributed by atoms with Crippen molar-refractivity contribution in [2.75, 3.05) is 17.2 Å². The van der Waals surface area contributed by atoms with Gasteiger partial charge in [-0.1, -0.05) is 18.2 Å². The summed E-state index contributed by atoms with van der Waals surface area (Å²) in [7, 11) is 0. The van der Waals surface area contributed by atoms with Crippen LogP contribution < -0.4 is 10.6 Å². The standard InChI is InChI=1S/C22H20N2O6/c1-13(25)15-8-10-17(11-9-15)23-20(27)14(2)30-22(28)19-18(26)12-29-21(19)24-16-6-4-3-5-7-16/h3-11,14,24H,12H2,1-2H3,(H,23,27)/t14-/m1/s1. The number of hydrogen-bond donors (Lipinski definition) is 2. The Labute approximate surface area is 172 Å². The minimum atomic E-state index is -1.16. The van der Waals surface area contributed by atoms with Crippen LogP contribution in [-0.4, -0.2) is 36.2 Å². The van der Waals surface area contributed by atoms with E-state index in [0.29, 0.717) is 16.9 Å². The zero-order valence-corrected chi connectivity index (χ0v) is 16.4. The lowest BCUT2D eigenvalue weighted by atomic mass is 10.1. The molecule has 2 aromatic carbocycles. The molecular formula is C22H20N2O6. The summed E-state index contributed by atoms with van der Waals surface area (Å²) in [4.78, 5) is 48.2. The summed E-state index contributed by atoms with van der Waals surface area (Å²) in [6.07, 6.45) is -1.16. The molecule has 0 fully saturated rings. The maximum Gasteiger partial charge on any atom is 0.348 e. The molecule has 0 aliphatic carbocycles. The van der Waals surface area contributed by atoms with Crippen molar-refractivity contribution in [3.8, 4) is 0 Å². The molecule has 154 valence electrons. The summed E-state index contributed by atoms with van der Waals surface area (Å²) in [6, 6.07) is 15.2. The van der Waals surface area contributed by atoms with Crippen LogP contribution in [0.15, 0.2) is 66.1 Å². The van der Waals surface area contributed by atoms with Crippen LogP contribution in [0.5, 0.6) is 0 Å². The molecule has 0 unspecified atom stereocenters. The van der Waals surface area contributed by atoms with Gasteiger partial charge >= 0.3 is 5.97 Å². The Morgan fingerprint density at radius 2 is 1.67 bits per heavy atom. The molecule has 0 spiro atoms. The molecule has 8 heteroatoms. The number of nitrogens with one attached hydrogen (secondary N) is 2. The van der Waals surface area contributed by atoms with Gasteiger partial charge < -0.3 is 20.1 Å². The second kappa shape index (κ2) is 9.04. The molecule has 8 nitrogen and oxygen atoms in total. The highest BCUT2D eigenvalue weighted by Crippen LogP contribution is 2.21. The van der Waals surface area contributed by atoms with E-state index in [1.807, 2.05) is 6.07 Å². The van der Waals surface area contributed by atoms with E-state index in [4.69, 9.17) is 9.47 Å². The third-order valence-electron chi connectivity index (χ3n) is 4.30. The third kappa shape index (κ3) is 4.91. The lowest BCUT2D eigenvalue weighted by Gasteiger charge is -2.14. The molecule has 2 N–H and O–H groups in total. The molecule has 30 heavy (non-hydrogen) atoms. The van der Waals surface area contributed by atoms with Crippen molar-refractivity contribution in [2.45, 2.75) is 20.0 Å². The van der Waals surface area contributed by atoms with Gasteiger partial charge in [0.15, 0.2) is 24.1 Å². The number of anilines is 2. The van der Waals surface area contributed by atoms with Gasteiger partial charge in [-0.2, -0.15) is 0 Å². The number of benzene rings is 2. The molecule has 1 amide bonds. The summed E-state index contributed by atoms with van der Waals surface area (Å²) < 4.78 is 10.4. The summed E-state index contributed by atoms with van der Waals surface area (Å²) in [5, 5.41) is 5.46. The molecule has 0 bridgehead atoms. The van der Waals surface area contributed by atoms with Crippen molar-refractivity contribution in [3.05, 3.63) is 71.6 Å². The highest BCUT2D eigenvalue weighted by molar-refractivity contribution is 6.20. The van der Waals surface area contributed by atoms with Gasteiger partial charge in [0.2, 0.25) is 11.7 Å². The fourth-order valence-electron chi connectivity index (χ4n) is 2.67. The average Bonchev–Trinajstić information content (AvgIpc) is 3.09. The Kier molecular flexibility index (Phi) is 6.26. The van der Waals surface area contributed by atoms with Gasteiger partial charge in [-0.15, -0.1) is 0 Å². The molecule has 2 aromatic rings. The van der Waals surface area contributed by atoms with Crippen molar-refractivity contribution in [3.63, 3.8) is 0 Å². The Balaban J connectivity index is 1.65. The van der Waals surface area contributed by atoms with Gasteiger partial charge in [0.25, 0.3) is 5.91 Å². The lowest BCUT2D eigenvalue weighted by Crippen LogP contribution is -2.31. The molecular weight excluding hydrogens is 388 g/mol. The van der Waals surface area contributed by atoms with Crippen LogP contribution in [0.25, 0.3) is 0 Å². The summed E-state index contributed by atoms with van der Waals surface area (Å²) in [5.74, 6) is -2.17. The van der Waals surface area contributed by atoms with Gasteiger partial charge in [0, 0.05) is 16.9 Å². The number of rotatable bonds is 7. The topological polar surface area (TPSA) is 111 Å². The summed E-state index contributed by atoms with van der Waals surface area (Å²) in [5.41, 5.74) is 1.31. The molecule has 0 saturated carbocycles. The Morgan fingerprint density at radius 3 is 2.30 bits per heavy atom. The highest BCUT2D eigenvalue weighted by Gasteiger charge is 2.34. The largest absolute Gasteiger partial charge is 0.470 e. The van der Waals surface area contributed by atoms with Gasteiger partial charge in [0.1, 0.15) is 0 Å². The fourth-order valence-corrected chi connectivity index (χ4v) is 2.67. The first-order valence-corrected chi connectivity index (χ1v) is 9.20. The van der Waals surface area contributed by atoms with Crippen molar-refractivity contribution in [1.82, 2.24) is 0 Å². The van der Waals surface area contributed by atoms with Crippen molar-refractivity contribution < 1.29 is 28.7 Å². The first-order chi connectivity index (χ1) is 14.3. The van der Waals surface area contributed by atoms with E-state index >= 15 is 0 Å². The SMILES string of the molecule is CC(=O)c1ccc(NC(=O)[C@@H](C)OC(=O)C2=C(Nc3ccccc3)OCC2=O)cc1. The second-order valence-electron chi connectivity index (χ2n) is 6.58. The number of ketones is 2. The molecule has 0 radical (unpaired) electrons. The smallest absolute Gasteiger partial charge is 0.348 e. The number of ether oxygens (including phenoxy) is 2. The Bertz CT molecular complexity index is 1010. The van der Waals surface area contributed by atoms with Crippen LogP contribution in [0, 0.1) is 0 Å². The van der Waals surface area contributed by atoms with E-state index in [-0.39, 0.29) is 23.8 Å². The van der Waals surface area contributed by atoms with Crippen molar-refractivity contribution in [1.29, 1.82) is 0 Å². The summed E-state index contributed by atoms with van der Waals surface area (Å²) >= 11 is 0. The predicted octanol–water partition coefficient (Wildman–Crippen LogP) is 2.68. The average molecular weight is 408 g/mol. The summed E-state index contributed by atoms with van der Waals surface area (Å²) in [6.45, 7) is 2.55. The van der Waals surface area contributed by atoms with E-state index in [9.17, 15) is 19.2 Å². The number of amides is 1. The Morgan fingerprint density at radius 1 is 1.00 bits per heavy atom. The van der Waals surface area contributed by atoms with E-state index in [2.05, 4.69) is 10.6 Å². The van der Waals surface area contributed by atoms with E-state index < -0.39 is 23.8 Å². The predicted molar refractivity (Wildman–Crippen MR) is 109 cm³/mol. The highest BCUT2D eigenvalue weighted by atomic mass is 16.6. The lowest BCUT2D eigenvalue weighted by molar-refractivity contribution is -0.150. The molecule has 1 heterocycles. The van der Waals surface area contributed by atoms with Gasteiger partial charge in [0.05, 0.1) is 0 Å². The quantitative estimate of drug-likeness (QED) is 0.412. The number of carbonyl (C=O) groups is 4. The maximum absolute atomic E-state index is 12.5. The number of para-hydroxylation sites is 1. The minimum Gasteiger partial charge on any atom is -0.470 e. The van der Waals surface area contributed by atoms with Crippen LogP contribution in [0.3, 0.4) is 0 Å². The van der Waals surface area contributed by atoms with Crippen LogP contribution in [0.2, 0.25) is 0 Å². The molecule has 3 rings (SSSR count). The van der Waals surface area contributed by atoms with Gasteiger partial charge in [-0.05, 0) is 50.2 Å². The number of hydrogen-bond acceptors (Lipinski definition) is 7. The first-order valence-electron chi connectivity index (χ1n) is 9.20. The third-order valence-corrected chi connectivity index (χ3v) is 4.30. The van der Waals surface area contributed by atoms with E-state index in [1.165, 1.54) is 13.8 Å². The second-order valence-corrected chi connectivity index (χ2v) is 6.58. The normalized spacial score (nSPS) is 14.0. The molecule has 0 aromatic heterocycles. The maximum atomic E-state index is 12.5. The fraction of sp³-hybridized carbons (Fsp3) is 0.182. The molecule has 0 saturated heterocycles. The van der Waals surface area contributed by atoms with Gasteiger partial charge in [-0.3, -0.25) is 14.4 Å². The number of carbonyl (C=O) groups excluding carboxylic acids is 4. The van der Waals surface area contributed by atoms with Crippen molar-refractivity contribution >= 4 is 34.8 Å². The zero-order chi connectivity index (χ0) is 21.7. The van der Waals surface area contributed by atoms with E-state index in [1.54, 1.807) is 48.5 Å². The number of Topliss-reactive ketones (excluding diaryl/α,β-unsaturated/α-hetero) is 2. The first kappa shape index (κ1) is 20.8. The van der Waals surface area contributed by atoms with E-state index in [0.717, 1.165) is 0 Å². The van der Waals surface area contributed by atoms with Crippen LogP contribution in [0.1, 0.15) is 24.2 Å². The monoisotopic (exact) mass is 408 g/mol. The molecule has 1 aliphatic heterocycles. The zero-order valence-electron chi connectivity index (χ0n) is 16.4. The van der Waals surface area contributed by atoms with Crippen LogP contribution >= 0.6 is 0 Å². The van der Waals surface area contributed by atoms with Crippen molar-refractivity contribution in [2.24, 2.45) is 0 Å².